The third-order valence-electron chi connectivity index (χ3n) is 2.61. The van der Waals surface area contributed by atoms with Crippen molar-refractivity contribution in [2.45, 2.75) is 33.1 Å². The predicted octanol–water partition coefficient (Wildman–Crippen LogP) is 3.97. The molecule has 128 valence electrons. The first-order chi connectivity index (χ1) is 11.4. The molecule has 5 heteroatoms. The van der Waals surface area contributed by atoms with E-state index in [1.807, 2.05) is 12.1 Å². The summed E-state index contributed by atoms with van der Waals surface area (Å²) >= 11 is 0. The minimum Gasteiger partial charge on any atom is -0.462 e. The fraction of sp³-hybridized carbons (Fsp3) is 0.316. The van der Waals surface area contributed by atoms with Gasteiger partial charge in [-0.1, -0.05) is 44.7 Å². The molecule has 0 unspecified atom stereocenters. The summed E-state index contributed by atoms with van der Waals surface area (Å²) in [6, 6.07) is 10.5. The minimum absolute atomic E-state index is 0.00827. The van der Waals surface area contributed by atoms with Gasteiger partial charge in [-0.15, -0.1) is 0 Å². The number of carbonyl (C=O) groups is 2. The van der Waals surface area contributed by atoms with Gasteiger partial charge in [0, 0.05) is 11.1 Å². The van der Waals surface area contributed by atoms with Gasteiger partial charge in [0.05, 0.1) is 19.1 Å². The first kappa shape index (κ1) is 21.1. The van der Waals surface area contributed by atoms with Crippen LogP contribution in [0, 0.1) is 11.3 Å². The van der Waals surface area contributed by atoms with Crippen molar-refractivity contribution in [3.63, 3.8) is 0 Å². The summed E-state index contributed by atoms with van der Waals surface area (Å²) in [6.07, 6.45) is 1.97. The molecule has 1 aromatic carbocycles. The summed E-state index contributed by atoms with van der Waals surface area (Å²) < 4.78 is 9.74. The average molecular weight is 329 g/mol. The second-order valence-corrected chi connectivity index (χ2v) is 4.91. The van der Waals surface area contributed by atoms with Gasteiger partial charge in [-0.3, -0.25) is 0 Å². The van der Waals surface area contributed by atoms with E-state index < -0.39 is 5.97 Å². The lowest BCUT2D eigenvalue weighted by Gasteiger charge is -2.02. The van der Waals surface area contributed by atoms with E-state index in [2.05, 4.69) is 20.1 Å². The Morgan fingerprint density at radius 3 is 2.29 bits per heavy atom. The van der Waals surface area contributed by atoms with Crippen LogP contribution in [0.25, 0.3) is 0 Å². The number of ether oxygens (including phenoxy) is 2. The van der Waals surface area contributed by atoms with Crippen LogP contribution in [0.15, 0.2) is 54.6 Å². The number of nitriles is 1. The summed E-state index contributed by atoms with van der Waals surface area (Å²) in [7, 11) is 0. The topological polar surface area (TPSA) is 76.4 Å². The van der Waals surface area contributed by atoms with Crippen LogP contribution in [-0.4, -0.2) is 18.5 Å². The Balaban J connectivity index is 0.000000470. The van der Waals surface area contributed by atoms with Gasteiger partial charge in [0.25, 0.3) is 0 Å². The van der Waals surface area contributed by atoms with Crippen molar-refractivity contribution in [3.8, 4) is 11.8 Å². The summed E-state index contributed by atoms with van der Waals surface area (Å²) in [6.45, 7) is 11.1. The van der Waals surface area contributed by atoms with E-state index in [1.54, 1.807) is 31.2 Å². The zero-order valence-electron chi connectivity index (χ0n) is 14.2. The molecule has 0 aliphatic carbocycles. The Hall–Kier alpha value is -2.87. The molecule has 0 aliphatic heterocycles. The number of esters is 2. The molecule has 0 saturated carbocycles. The summed E-state index contributed by atoms with van der Waals surface area (Å²) in [4.78, 5) is 21.9. The van der Waals surface area contributed by atoms with Crippen LogP contribution in [0.3, 0.4) is 0 Å². The van der Waals surface area contributed by atoms with Crippen LogP contribution >= 0.6 is 0 Å². The third-order valence-corrected chi connectivity index (χ3v) is 2.61. The van der Waals surface area contributed by atoms with Gasteiger partial charge >= 0.3 is 11.9 Å². The van der Waals surface area contributed by atoms with Crippen molar-refractivity contribution in [1.82, 2.24) is 0 Å². The number of carbonyl (C=O) groups excluding carboxylic acids is 2. The smallest absolute Gasteiger partial charge is 0.339 e. The number of rotatable bonds is 7. The molecule has 0 atom stereocenters. The highest BCUT2D eigenvalue weighted by atomic mass is 16.5. The third kappa shape index (κ3) is 9.96. The number of hydrogen-bond acceptors (Lipinski definition) is 5. The molecule has 0 heterocycles. The van der Waals surface area contributed by atoms with Crippen LogP contribution in [0.2, 0.25) is 0 Å². The number of benzene rings is 1. The average Bonchev–Trinajstić information content (AvgIpc) is 2.56. The molecule has 0 saturated heterocycles. The van der Waals surface area contributed by atoms with Crippen molar-refractivity contribution in [1.29, 1.82) is 5.26 Å². The van der Waals surface area contributed by atoms with Gasteiger partial charge < -0.3 is 9.47 Å². The van der Waals surface area contributed by atoms with E-state index in [1.165, 1.54) is 0 Å². The first-order valence-corrected chi connectivity index (χ1v) is 7.56. The zero-order valence-corrected chi connectivity index (χ0v) is 14.2. The summed E-state index contributed by atoms with van der Waals surface area (Å²) in [5.41, 5.74) is 0.632. The second-order valence-electron chi connectivity index (χ2n) is 4.91. The van der Waals surface area contributed by atoms with Crippen molar-refractivity contribution in [2.75, 3.05) is 6.61 Å². The van der Waals surface area contributed by atoms with Crippen molar-refractivity contribution < 1.29 is 19.1 Å². The molecule has 0 bridgehead atoms. The Labute approximate surface area is 143 Å². The van der Waals surface area contributed by atoms with Crippen LogP contribution in [-0.2, 0) is 14.3 Å². The standard InChI is InChI=1S/C11H9NO2.C8H14O2/c1-9(7-8-12)11(13)14-10-5-3-2-4-6-10;1-4-5-6-10-8(9)7(2)3/h2-6H,1,7H2;2,4-6H2,1,3H3. The van der Waals surface area contributed by atoms with Crippen LogP contribution in [0.5, 0.6) is 5.75 Å². The molecule has 0 radical (unpaired) electrons. The fourth-order valence-corrected chi connectivity index (χ4v) is 1.27. The summed E-state index contributed by atoms with van der Waals surface area (Å²) in [5.74, 6) is -0.386. The molecule has 0 amide bonds. The van der Waals surface area contributed by atoms with Gasteiger partial charge in [0.2, 0.25) is 0 Å². The first-order valence-electron chi connectivity index (χ1n) is 7.56. The number of unbranched alkanes of at least 4 members (excludes halogenated alkanes) is 1. The van der Waals surface area contributed by atoms with Gasteiger partial charge in [0.1, 0.15) is 5.75 Å². The zero-order chi connectivity index (χ0) is 18.4. The normalized spacial score (nSPS) is 8.88. The highest BCUT2D eigenvalue weighted by molar-refractivity contribution is 5.89. The molecule has 1 rings (SSSR count). The highest BCUT2D eigenvalue weighted by Gasteiger charge is 2.08. The van der Waals surface area contributed by atoms with E-state index >= 15 is 0 Å². The minimum atomic E-state index is -0.558. The van der Waals surface area contributed by atoms with E-state index in [-0.39, 0.29) is 18.0 Å². The maximum Gasteiger partial charge on any atom is 0.339 e. The van der Waals surface area contributed by atoms with Crippen LogP contribution < -0.4 is 4.74 Å². The quantitative estimate of drug-likeness (QED) is 0.327. The maximum absolute atomic E-state index is 11.2. The Morgan fingerprint density at radius 1 is 1.17 bits per heavy atom. The summed E-state index contributed by atoms with van der Waals surface area (Å²) in [5, 5.41) is 8.33. The van der Waals surface area contributed by atoms with E-state index in [9.17, 15) is 9.59 Å². The molecule has 0 aliphatic rings. The van der Waals surface area contributed by atoms with E-state index in [0.29, 0.717) is 17.9 Å². The molecule has 0 spiro atoms. The van der Waals surface area contributed by atoms with Crippen molar-refractivity contribution in [3.05, 3.63) is 54.6 Å². The molecule has 1 aromatic rings. The number of para-hydroxylation sites is 1. The number of nitrogens with zero attached hydrogens (tertiary/aromatic N) is 1. The van der Waals surface area contributed by atoms with Crippen LogP contribution in [0.4, 0.5) is 0 Å². The molecular weight excluding hydrogens is 306 g/mol. The van der Waals surface area contributed by atoms with Gasteiger partial charge in [0.15, 0.2) is 0 Å². The highest BCUT2D eigenvalue weighted by Crippen LogP contribution is 2.11. The fourth-order valence-electron chi connectivity index (χ4n) is 1.27. The van der Waals surface area contributed by atoms with E-state index in [0.717, 1.165) is 12.8 Å². The Kier molecular flexibility index (Phi) is 11.1. The second kappa shape index (κ2) is 12.7. The Morgan fingerprint density at radius 2 is 1.79 bits per heavy atom. The van der Waals surface area contributed by atoms with Gasteiger partial charge in [-0.25, -0.2) is 9.59 Å². The predicted molar refractivity (Wildman–Crippen MR) is 92.1 cm³/mol. The lowest BCUT2D eigenvalue weighted by molar-refractivity contribution is -0.139. The lowest BCUT2D eigenvalue weighted by Crippen LogP contribution is -2.09. The molecule has 0 N–H and O–H groups in total. The maximum atomic E-state index is 11.2. The molecule has 24 heavy (non-hydrogen) atoms. The van der Waals surface area contributed by atoms with Crippen molar-refractivity contribution in [2.24, 2.45) is 0 Å². The van der Waals surface area contributed by atoms with E-state index in [4.69, 9.17) is 14.7 Å². The van der Waals surface area contributed by atoms with Gasteiger partial charge in [-0.2, -0.15) is 5.26 Å². The Bertz CT molecular complexity index is 600. The molecular formula is C19H23NO4. The largest absolute Gasteiger partial charge is 0.462 e. The molecule has 5 nitrogen and oxygen atoms in total. The monoisotopic (exact) mass is 329 g/mol. The number of hydrogen-bond donors (Lipinski definition) is 0. The van der Waals surface area contributed by atoms with Gasteiger partial charge in [-0.05, 0) is 25.5 Å². The van der Waals surface area contributed by atoms with Crippen LogP contribution in [0.1, 0.15) is 33.1 Å². The molecule has 0 aromatic heterocycles. The lowest BCUT2D eigenvalue weighted by atomic mass is 10.2. The van der Waals surface area contributed by atoms with Crippen molar-refractivity contribution >= 4 is 11.9 Å². The molecule has 0 fully saturated rings. The SMILES string of the molecule is C=C(C)C(=O)OCCCC.C=C(CC#N)C(=O)Oc1ccccc1.